The van der Waals surface area contributed by atoms with Gasteiger partial charge in [0.05, 0.1) is 0 Å². The normalized spacial score (nSPS) is 11.5. The van der Waals surface area contributed by atoms with E-state index in [9.17, 15) is 0 Å². The first-order valence-corrected chi connectivity index (χ1v) is 5.27. The lowest BCUT2D eigenvalue weighted by molar-refractivity contribution is 0.398. The third-order valence-electron chi connectivity index (χ3n) is 2.08. The predicted octanol–water partition coefficient (Wildman–Crippen LogP) is 3.59. The maximum atomic E-state index is 3.73. The molecule has 0 heterocycles. The molecule has 0 amide bonds. The van der Waals surface area contributed by atoms with Crippen molar-refractivity contribution in [3.63, 3.8) is 0 Å². The number of rotatable bonds is 7. The van der Waals surface area contributed by atoms with Crippen molar-refractivity contribution in [1.82, 2.24) is 4.90 Å². The summed E-state index contributed by atoms with van der Waals surface area (Å²) in [7, 11) is 2.17. The Morgan fingerprint density at radius 2 is 2.00 bits per heavy atom. The topological polar surface area (TPSA) is 3.24 Å². The Kier molecular flexibility index (Phi) is 7.47. The molecule has 0 spiro atoms. The molecule has 0 aromatic rings. The molecule has 0 saturated carbocycles. The molecule has 0 rings (SSSR count). The summed E-state index contributed by atoms with van der Waals surface area (Å²) >= 11 is 0. The maximum Gasteiger partial charge on any atom is 0.0169 e. The summed E-state index contributed by atoms with van der Waals surface area (Å²) in [5.41, 5.74) is 1.46. The summed E-state index contributed by atoms with van der Waals surface area (Å²) in [6, 6.07) is 0. The van der Waals surface area contributed by atoms with Crippen LogP contribution in [-0.4, -0.2) is 18.5 Å². The van der Waals surface area contributed by atoms with Crippen LogP contribution < -0.4 is 0 Å². The first kappa shape index (κ1) is 12.3. The summed E-state index contributed by atoms with van der Waals surface area (Å²) in [4.78, 5) is 2.35. The van der Waals surface area contributed by atoms with Crippen molar-refractivity contribution in [2.75, 3.05) is 13.6 Å². The molecular weight excluding hydrogens is 158 g/mol. The standard InChI is InChI=1S/C12H23N/c1-5-8-10-12(9-6-2)13(4)11-7-3/h5,10H,1,6-9,11H2,2-4H3/b12-10+. The third kappa shape index (κ3) is 5.51. The van der Waals surface area contributed by atoms with Crippen molar-refractivity contribution in [1.29, 1.82) is 0 Å². The van der Waals surface area contributed by atoms with Crippen molar-refractivity contribution >= 4 is 0 Å². The van der Waals surface area contributed by atoms with Crippen LogP contribution in [0.4, 0.5) is 0 Å². The van der Waals surface area contributed by atoms with Crippen LogP contribution in [0.5, 0.6) is 0 Å². The van der Waals surface area contributed by atoms with E-state index in [0.717, 1.165) is 13.0 Å². The summed E-state index contributed by atoms with van der Waals surface area (Å²) < 4.78 is 0. The SMILES string of the molecule is C=CC/C=C(\CCC)N(C)CCC. The first-order chi connectivity index (χ1) is 6.26. The molecule has 0 aromatic carbocycles. The van der Waals surface area contributed by atoms with Gasteiger partial charge in [-0.05, 0) is 19.3 Å². The highest BCUT2D eigenvalue weighted by atomic mass is 15.1. The Labute approximate surface area is 83.1 Å². The largest absolute Gasteiger partial charge is 0.378 e. The monoisotopic (exact) mass is 181 g/mol. The van der Waals surface area contributed by atoms with Crippen molar-refractivity contribution < 1.29 is 0 Å². The molecule has 0 bridgehead atoms. The fourth-order valence-electron chi connectivity index (χ4n) is 1.40. The van der Waals surface area contributed by atoms with E-state index >= 15 is 0 Å². The first-order valence-electron chi connectivity index (χ1n) is 5.27. The molecule has 1 heteroatoms. The van der Waals surface area contributed by atoms with E-state index in [1.807, 2.05) is 6.08 Å². The van der Waals surface area contributed by atoms with Crippen LogP contribution in [0.25, 0.3) is 0 Å². The minimum atomic E-state index is 0.989. The molecule has 0 aliphatic rings. The third-order valence-corrected chi connectivity index (χ3v) is 2.08. The van der Waals surface area contributed by atoms with Crippen LogP contribution in [0.3, 0.4) is 0 Å². The zero-order chi connectivity index (χ0) is 10.1. The second kappa shape index (κ2) is 7.90. The minimum absolute atomic E-state index is 0.989. The molecule has 0 N–H and O–H groups in total. The predicted molar refractivity (Wildman–Crippen MR) is 60.7 cm³/mol. The quantitative estimate of drug-likeness (QED) is 0.542. The highest BCUT2D eigenvalue weighted by Crippen LogP contribution is 2.10. The van der Waals surface area contributed by atoms with E-state index in [-0.39, 0.29) is 0 Å². The molecule has 76 valence electrons. The Morgan fingerprint density at radius 1 is 1.31 bits per heavy atom. The summed E-state index contributed by atoms with van der Waals surface area (Å²) in [6.45, 7) is 9.33. The molecule has 0 radical (unpaired) electrons. The number of nitrogens with zero attached hydrogens (tertiary/aromatic N) is 1. The van der Waals surface area contributed by atoms with Gasteiger partial charge in [0.25, 0.3) is 0 Å². The molecule has 0 unspecified atom stereocenters. The van der Waals surface area contributed by atoms with E-state index < -0.39 is 0 Å². The molecule has 0 aliphatic heterocycles. The lowest BCUT2D eigenvalue weighted by Gasteiger charge is -2.21. The van der Waals surface area contributed by atoms with Crippen molar-refractivity contribution in [2.24, 2.45) is 0 Å². The van der Waals surface area contributed by atoms with Crippen LogP contribution in [0, 0.1) is 0 Å². The number of hydrogen-bond acceptors (Lipinski definition) is 1. The van der Waals surface area contributed by atoms with E-state index in [1.54, 1.807) is 0 Å². The van der Waals surface area contributed by atoms with Gasteiger partial charge in [-0.25, -0.2) is 0 Å². The number of allylic oxidation sites excluding steroid dienone is 3. The van der Waals surface area contributed by atoms with Gasteiger partial charge in [-0.1, -0.05) is 32.4 Å². The molecule has 0 aliphatic carbocycles. The van der Waals surface area contributed by atoms with Crippen molar-refractivity contribution in [3.05, 3.63) is 24.4 Å². The number of hydrogen-bond donors (Lipinski definition) is 0. The Morgan fingerprint density at radius 3 is 2.46 bits per heavy atom. The second-order valence-electron chi connectivity index (χ2n) is 3.39. The van der Waals surface area contributed by atoms with Gasteiger partial charge in [-0.2, -0.15) is 0 Å². The highest BCUT2D eigenvalue weighted by molar-refractivity contribution is 5.02. The fraction of sp³-hybridized carbons (Fsp3) is 0.667. The van der Waals surface area contributed by atoms with Gasteiger partial charge in [0.1, 0.15) is 0 Å². The molecule has 1 nitrogen and oxygen atoms in total. The lowest BCUT2D eigenvalue weighted by atomic mass is 10.2. The van der Waals surface area contributed by atoms with Crippen molar-refractivity contribution in [3.8, 4) is 0 Å². The highest BCUT2D eigenvalue weighted by Gasteiger charge is 2.00. The average Bonchev–Trinajstić information content (AvgIpc) is 2.12. The van der Waals surface area contributed by atoms with Crippen LogP contribution in [-0.2, 0) is 0 Å². The van der Waals surface area contributed by atoms with Gasteiger partial charge < -0.3 is 4.90 Å². The van der Waals surface area contributed by atoms with Crippen LogP contribution >= 0.6 is 0 Å². The van der Waals surface area contributed by atoms with Crippen LogP contribution in [0.2, 0.25) is 0 Å². The molecular formula is C12H23N. The minimum Gasteiger partial charge on any atom is -0.378 e. The summed E-state index contributed by atoms with van der Waals surface area (Å²) in [5.74, 6) is 0. The molecule has 0 fully saturated rings. The lowest BCUT2D eigenvalue weighted by Crippen LogP contribution is -2.18. The Hall–Kier alpha value is -0.720. The van der Waals surface area contributed by atoms with Crippen LogP contribution in [0.15, 0.2) is 24.4 Å². The smallest absolute Gasteiger partial charge is 0.0169 e. The zero-order valence-electron chi connectivity index (χ0n) is 9.34. The average molecular weight is 181 g/mol. The molecule has 0 aromatic heterocycles. The second-order valence-corrected chi connectivity index (χ2v) is 3.39. The summed E-state index contributed by atoms with van der Waals surface area (Å²) in [6.07, 6.45) is 8.85. The Bertz CT molecular complexity index is 159. The molecule has 0 atom stereocenters. The van der Waals surface area contributed by atoms with E-state index in [4.69, 9.17) is 0 Å². The van der Waals surface area contributed by atoms with E-state index in [2.05, 4.69) is 38.5 Å². The van der Waals surface area contributed by atoms with Crippen molar-refractivity contribution in [2.45, 2.75) is 39.5 Å². The summed E-state index contributed by atoms with van der Waals surface area (Å²) in [5, 5.41) is 0. The zero-order valence-corrected chi connectivity index (χ0v) is 9.34. The van der Waals surface area contributed by atoms with Gasteiger partial charge in [0.15, 0.2) is 0 Å². The van der Waals surface area contributed by atoms with E-state index in [0.29, 0.717) is 0 Å². The molecule has 0 saturated heterocycles. The van der Waals surface area contributed by atoms with Gasteiger partial charge in [0.2, 0.25) is 0 Å². The van der Waals surface area contributed by atoms with Gasteiger partial charge in [0, 0.05) is 19.3 Å². The van der Waals surface area contributed by atoms with E-state index in [1.165, 1.54) is 25.0 Å². The molecule has 13 heavy (non-hydrogen) atoms. The van der Waals surface area contributed by atoms with Gasteiger partial charge >= 0.3 is 0 Å². The van der Waals surface area contributed by atoms with Gasteiger partial charge in [-0.3, -0.25) is 0 Å². The fourth-order valence-corrected chi connectivity index (χ4v) is 1.40. The van der Waals surface area contributed by atoms with Crippen LogP contribution in [0.1, 0.15) is 39.5 Å². The van der Waals surface area contributed by atoms with Gasteiger partial charge in [-0.15, -0.1) is 6.58 Å². The maximum absolute atomic E-state index is 3.73. The Balaban J connectivity index is 4.12.